The lowest BCUT2D eigenvalue weighted by atomic mass is 10.0. The normalized spacial score (nSPS) is 18.0. The van der Waals surface area contributed by atoms with Crippen LogP contribution in [0.15, 0.2) is 0 Å². The molecule has 0 radical (unpaired) electrons. The topological polar surface area (TPSA) is 834 Å². The molecule has 0 aromatic heterocycles. The quantitative estimate of drug-likeness (QED) is 0.0251. The molecule has 0 saturated carbocycles. The monoisotopic (exact) mass is 1910 g/mol. The third-order valence-electron chi connectivity index (χ3n) is 22.8. The molecule has 3 saturated heterocycles. The number of carboxylic acid groups (broad SMARTS) is 4. The van der Waals surface area contributed by atoms with Crippen LogP contribution in [0.2, 0.25) is 0 Å². The molecule has 3 aliphatic rings. The van der Waals surface area contributed by atoms with Gasteiger partial charge in [-0.25, -0.2) is 4.79 Å². The summed E-state index contributed by atoms with van der Waals surface area (Å²) in [6.07, 6.45) is -1.06. The van der Waals surface area contributed by atoms with Crippen molar-refractivity contribution < 1.29 is 136 Å². The fourth-order valence-corrected chi connectivity index (χ4v) is 15.1. The number of carbonyl (C=O) groups is 21. The minimum Gasteiger partial charge on any atom is -0.481 e. The van der Waals surface area contributed by atoms with Crippen molar-refractivity contribution in [3.63, 3.8) is 0 Å². The van der Waals surface area contributed by atoms with E-state index in [2.05, 4.69) is 74.4 Å². The van der Waals surface area contributed by atoms with Gasteiger partial charge < -0.3 is 159 Å². The van der Waals surface area contributed by atoms with Gasteiger partial charge in [-0.2, -0.15) is 0 Å². The largest absolute Gasteiger partial charge is 0.481 e. The molecule has 134 heavy (non-hydrogen) atoms. The van der Waals surface area contributed by atoms with Crippen LogP contribution < -0.4 is 109 Å². The van der Waals surface area contributed by atoms with Crippen LogP contribution in [0.25, 0.3) is 0 Å². The molecule has 51 nitrogen and oxygen atoms in total. The van der Waals surface area contributed by atoms with Crippen LogP contribution in [0.1, 0.15) is 208 Å². The number of aliphatic hydroxyl groups excluding tert-OH is 3. The van der Waals surface area contributed by atoms with Crippen molar-refractivity contribution in [1.29, 1.82) is 0 Å². The lowest BCUT2D eigenvalue weighted by Gasteiger charge is -2.31. The Labute approximate surface area is 776 Å². The van der Waals surface area contributed by atoms with E-state index in [1.807, 2.05) is 0 Å². The number of amides is 17. The van der Waals surface area contributed by atoms with Gasteiger partial charge in [-0.05, 0) is 214 Å². The lowest BCUT2D eigenvalue weighted by Crippen LogP contribution is -2.61. The van der Waals surface area contributed by atoms with Crippen LogP contribution >= 0.6 is 0 Å². The number of unbranched alkanes of at least 4 members (excludes halogenated alkanes) is 5. The lowest BCUT2D eigenvalue weighted by molar-refractivity contribution is -0.150. The standard InChI is InChI=1S/C83H143N23O28/c1-44(2)65(103-78(128)60-25-17-39-105(60)81(131)57(42-108)100-72(122)49(20-7-12-34-85)92-66(116)45(3)89)79(129)99-52(23-10-15-37-88)71(121)97-54(28-31-63(112)113)75(125)96-53(27-30-62(110)111)70(120)91-47(5)68(118)94-50(21-8-13-35-86)73(123)101-56(41-107)80(130)104-38-16-24-59(104)77(127)98-55(29-32-64(114)115)76(126)95-48(19-6-11-33-84)69(119)90-46(4)67(117)93-51(22-9-14-36-87)74(124)102-58(43-109)82(132)106-40-18-26-61(106)83(133)134/h44-61,65,107-109H,6-43,84-89H2,1-5H3,(H,90,119)(H,91,120)(H,92,116)(H,93,117)(H,94,118)(H,95,126)(H,96,125)(H,97,121)(H,98,127)(H,99,129)(H,100,122)(H,101,123)(H,102,124)(H,103,128)(H,110,111)(H,112,113)(H,114,115)(H,133,134)/t45-,46-,47-,48-,49-,50-,51-,52-,53-,54-,55-,56-,57-,58-,59-,60-,61-,65-/m0/s1. The predicted octanol–water partition coefficient (Wildman–Crippen LogP) is -9.91. The van der Waals surface area contributed by atoms with E-state index in [9.17, 15) is 136 Å². The molecule has 758 valence electrons. The molecular formula is C83H143N23O28. The zero-order valence-electron chi connectivity index (χ0n) is 76.8. The molecule has 0 bridgehead atoms. The van der Waals surface area contributed by atoms with Gasteiger partial charge in [0, 0.05) is 38.9 Å². The first-order valence-corrected chi connectivity index (χ1v) is 45.6. The van der Waals surface area contributed by atoms with Crippen LogP contribution in [-0.2, 0) is 101 Å². The number of nitrogens with two attached hydrogens (primary N) is 6. The average Bonchev–Trinajstić information content (AvgIpc) is 1.65. The first kappa shape index (κ1) is 117. The number of aliphatic carboxylic acids is 4. The molecule has 3 fully saturated rings. The number of nitrogens with zero attached hydrogens (tertiary/aromatic N) is 3. The molecule has 33 N–H and O–H groups in total. The summed E-state index contributed by atoms with van der Waals surface area (Å²) in [7, 11) is 0. The van der Waals surface area contributed by atoms with Crippen molar-refractivity contribution >= 4 is 124 Å². The van der Waals surface area contributed by atoms with Crippen LogP contribution in [0, 0.1) is 5.92 Å². The van der Waals surface area contributed by atoms with Crippen LogP contribution in [-0.4, -0.2) is 356 Å². The molecule has 3 rings (SSSR count). The Morgan fingerprint density at radius 3 is 0.776 bits per heavy atom. The van der Waals surface area contributed by atoms with Gasteiger partial charge in [0.25, 0.3) is 0 Å². The van der Waals surface area contributed by atoms with E-state index in [1.54, 1.807) is 13.8 Å². The molecule has 0 aliphatic carbocycles. The zero-order chi connectivity index (χ0) is 101. The summed E-state index contributed by atoms with van der Waals surface area (Å²) in [5.41, 5.74) is 34.3. The number of carboxylic acids is 4. The van der Waals surface area contributed by atoms with E-state index in [0.29, 0.717) is 32.1 Å². The van der Waals surface area contributed by atoms with Gasteiger partial charge in [0.1, 0.15) is 103 Å². The first-order valence-electron chi connectivity index (χ1n) is 45.6. The highest BCUT2D eigenvalue weighted by Gasteiger charge is 2.45. The Balaban J connectivity index is 1.84. The Bertz CT molecular complexity index is 3960. The molecule has 3 heterocycles. The maximum Gasteiger partial charge on any atom is 0.326 e. The maximum absolute atomic E-state index is 14.5. The van der Waals surface area contributed by atoms with Gasteiger partial charge in [-0.3, -0.25) is 95.9 Å². The molecule has 0 aromatic rings. The van der Waals surface area contributed by atoms with E-state index < -0.39 is 297 Å². The summed E-state index contributed by atoms with van der Waals surface area (Å²) in [4.78, 5) is 289. The number of hydrogen-bond donors (Lipinski definition) is 27. The Morgan fingerprint density at radius 2 is 0.515 bits per heavy atom. The van der Waals surface area contributed by atoms with E-state index in [0.717, 1.165) is 21.6 Å². The van der Waals surface area contributed by atoms with E-state index in [-0.39, 0.29) is 155 Å². The number of carbonyl (C=O) groups excluding carboxylic acids is 17. The summed E-state index contributed by atoms with van der Waals surface area (Å²) in [5, 5.41) is 105. The Hall–Kier alpha value is -11.5. The maximum atomic E-state index is 14.5. The second kappa shape index (κ2) is 61.4. The summed E-state index contributed by atoms with van der Waals surface area (Å²) < 4.78 is 0. The molecule has 3 aliphatic heterocycles. The van der Waals surface area contributed by atoms with Crippen molar-refractivity contribution in [2.45, 2.75) is 317 Å². The molecule has 51 heteroatoms. The van der Waals surface area contributed by atoms with Crippen LogP contribution in [0.5, 0.6) is 0 Å². The average molecular weight is 1910 g/mol. The molecular weight excluding hydrogens is 1770 g/mol. The van der Waals surface area contributed by atoms with Crippen LogP contribution in [0.4, 0.5) is 0 Å². The summed E-state index contributed by atoms with van der Waals surface area (Å²) in [6, 6.07) is -27.2. The van der Waals surface area contributed by atoms with Gasteiger partial charge in [0.05, 0.1) is 25.9 Å². The molecule has 18 atom stereocenters. The van der Waals surface area contributed by atoms with Crippen molar-refractivity contribution in [3.05, 3.63) is 0 Å². The number of hydrogen-bond acceptors (Lipinski definition) is 30. The first-order chi connectivity index (χ1) is 63.5. The Morgan fingerprint density at radius 1 is 0.284 bits per heavy atom. The van der Waals surface area contributed by atoms with Crippen molar-refractivity contribution in [1.82, 2.24) is 89.1 Å². The third kappa shape index (κ3) is 39.6. The smallest absolute Gasteiger partial charge is 0.326 e. The van der Waals surface area contributed by atoms with Gasteiger partial charge in [0.2, 0.25) is 100 Å². The van der Waals surface area contributed by atoms with E-state index >= 15 is 0 Å². The van der Waals surface area contributed by atoms with Crippen LogP contribution in [0.3, 0.4) is 0 Å². The van der Waals surface area contributed by atoms with Gasteiger partial charge in [-0.15, -0.1) is 0 Å². The highest BCUT2D eigenvalue weighted by molar-refractivity contribution is 6.02. The SMILES string of the molecule is CC(C)[C@H](NC(=O)[C@@H]1CCCN1C(=O)[C@H](CO)NC(=O)[C@H](CCCCN)NC(=O)[C@H](C)N)C(=O)N[C@@H](CCCCN)C(=O)N[C@@H](CCC(=O)O)C(=O)N[C@@H](CCC(=O)O)C(=O)N[C@@H](C)C(=O)N[C@@H](CCCCN)C(=O)N[C@@H](CO)C(=O)N1CCC[C@H]1C(=O)N[C@@H](CCC(=O)O)C(=O)N[C@@H](CCCCN)C(=O)N[C@@H](C)C(=O)N[C@@H](CCCCN)C(=O)N[C@@H](CO)C(=O)N1CCC[C@H]1C(=O)O. The molecule has 0 spiro atoms. The predicted molar refractivity (Wildman–Crippen MR) is 475 cm³/mol. The minimum atomic E-state index is -1.87. The molecule has 0 aromatic carbocycles. The highest BCUT2D eigenvalue weighted by atomic mass is 16.4. The Kier molecular flexibility index (Phi) is 53.5. The van der Waals surface area contributed by atoms with E-state index in [1.165, 1.54) is 13.8 Å². The van der Waals surface area contributed by atoms with Crippen molar-refractivity contribution in [2.24, 2.45) is 40.3 Å². The molecule has 17 amide bonds. The summed E-state index contributed by atoms with van der Waals surface area (Å²) in [6.45, 7) is 4.51. The van der Waals surface area contributed by atoms with Gasteiger partial charge >= 0.3 is 23.9 Å². The van der Waals surface area contributed by atoms with Crippen molar-refractivity contribution in [2.75, 3.05) is 72.2 Å². The number of aliphatic hydroxyl groups is 3. The molecule has 0 unspecified atom stereocenters. The second-order valence-corrected chi connectivity index (χ2v) is 33.8. The number of likely N-dealkylation sites (tertiary alicyclic amines) is 3. The van der Waals surface area contributed by atoms with E-state index in [4.69, 9.17) is 34.4 Å². The zero-order valence-corrected chi connectivity index (χ0v) is 76.8. The second-order valence-electron chi connectivity index (χ2n) is 33.8. The van der Waals surface area contributed by atoms with Gasteiger partial charge in [0.15, 0.2) is 0 Å². The summed E-state index contributed by atoms with van der Waals surface area (Å²) in [5.74, 6) is -23.2. The number of nitrogens with one attached hydrogen (secondary N) is 14. The van der Waals surface area contributed by atoms with Crippen molar-refractivity contribution in [3.8, 4) is 0 Å². The summed E-state index contributed by atoms with van der Waals surface area (Å²) >= 11 is 0. The highest BCUT2D eigenvalue weighted by Crippen LogP contribution is 2.24. The fraction of sp³-hybridized carbons (Fsp3) is 0.747. The fourth-order valence-electron chi connectivity index (χ4n) is 15.1. The minimum absolute atomic E-state index is 0.0213. The number of rotatable bonds is 65. The third-order valence-corrected chi connectivity index (χ3v) is 22.8. The van der Waals surface area contributed by atoms with Gasteiger partial charge in [-0.1, -0.05) is 13.8 Å².